The van der Waals surface area contributed by atoms with E-state index >= 15 is 0 Å². The molecular formula is C26H26ClN5O3. The number of nitrogens with one attached hydrogen (secondary N) is 1. The molecular weight excluding hydrogens is 466 g/mol. The van der Waals surface area contributed by atoms with E-state index in [1.54, 1.807) is 22.8 Å². The summed E-state index contributed by atoms with van der Waals surface area (Å²) < 4.78 is 13.1. The van der Waals surface area contributed by atoms with E-state index in [2.05, 4.69) is 21.6 Å². The monoisotopic (exact) mass is 491 g/mol. The van der Waals surface area contributed by atoms with Gasteiger partial charge in [-0.15, -0.1) is 0 Å². The molecule has 9 heteroatoms. The summed E-state index contributed by atoms with van der Waals surface area (Å²) in [4.78, 5) is 22.2. The summed E-state index contributed by atoms with van der Waals surface area (Å²) in [5.74, 6) is 1.13. The second kappa shape index (κ2) is 9.84. The van der Waals surface area contributed by atoms with Crippen molar-refractivity contribution in [2.75, 3.05) is 13.2 Å². The molecule has 0 fully saturated rings. The Kier molecular flexibility index (Phi) is 6.46. The number of hydrogen-bond acceptors (Lipinski definition) is 5. The first kappa shape index (κ1) is 23.0. The number of halogens is 1. The van der Waals surface area contributed by atoms with Crippen molar-refractivity contribution in [3.8, 4) is 5.75 Å². The highest BCUT2D eigenvalue weighted by atomic mass is 35.5. The zero-order valence-electron chi connectivity index (χ0n) is 19.4. The largest absolute Gasteiger partial charge is 0.494 e. The highest BCUT2D eigenvalue weighted by Gasteiger charge is 2.35. The number of nitrogens with zero attached hydrogens (tertiary/aromatic N) is 4. The summed E-state index contributed by atoms with van der Waals surface area (Å²) in [6, 6.07) is 13.3. The number of amides is 1. The molecule has 180 valence electrons. The maximum atomic E-state index is 13.0. The molecule has 2 aromatic heterocycles. The van der Waals surface area contributed by atoms with Gasteiger partial charge in [0.2, 0.25) is 0 Å². The Morgan fingerprint density at radius 2 is 2.09 bits per heavy atom. The first-order valence-corrected chi connectivity index (χ1v) is 11.9. The average molecular weight is 492 g/mol. The fraction of sp³-hybridized carbons (Fsp3) is 0.269. The number of hydrogen-bond donors (Lipinski definition) is 1. The minimum absolute atomic E-state index is 0.335. The molecule has 0 saturated carbocycles. The van der Waals surface area contributed by atoms with Gasteiger partial charge in [-0.05, 0) is 54.8 Å². The summed E-state index contributed by atoms with van der Waals surface area (Å²) >= 11 is 6.28. The smallest absolute Gasteiger partial charge is 0.415 e. The fourth-order valence-electron chi connectivity index (χ4n) is 4.52. The van der Waals surface area contributed by atoms with Crippen LogP contribution in [-0.4, -0.2) is 43.9 Å². The van der Waals surface area contributed by atoms with Gasteiger partial charge in [-0.1, -0.05) is 30.3 Å². The standard InChI is InChI=1S/C26H26ClN5O3/c1-17(2)35-26(33)32-12-10-21-22-14-19(27)6-9-23(22)30-24(21)25(32)18-4-7-20(8-5-18)34-13-3-11-31-16-28-15-29-31/h4-9,14-16,25,30H,1,3,10-13H2,2H3. The summed E-state index contributed by atoms with van der Waals surface area (Å²) in [6.07, 6.45) is 4.31. The highest BCUT2D eigenvalue weighted by molar-refractivity contribution is 6.31. The molecule has 1 unspecified atom stereocenters. The van der Waals surface area contributed by atoms with Crippen LogP contribution >= 0.6 is 11.6 Å². The molecule has 1 amide bonds. The Morgan fingerprint density at radius 1 is 1.26 bits per heavy atom. The van der Waals surface area contributed by atoms with Gasteiger partial charge in [0.25, 0.3) is 0 Å². The third-order valence-electron chi connectivity index (χ3n) is 6.05. The van der Waals surface area contributed by atoms with Crippen LogP contribution in [-0.2, 0) is 17.7 Å². The molecule has 0 radical (unpaired) electrons. The van der Waals surface area contributed by atoms with E-state index in [9.17, 15) is 4.79 Å². The Labute approximate surface area is 208 Å². The number of benzene rings is 2. The van der Waals surface area contributed by atoms with Gasteiger partial charge in [0, 0.05) is 41.1 Å². The van der Waals surface area contributed by atoms with E-state index in [1.165, 1.54) is 11.9 Å². The predicted molar refractivity (Wildman–Crippen MR) is 133 cm³/mol. The van der Waals surface area contributed by atoms with Crippen LogP contribution in [0.3, 0.4) is 0 Å². The summed E-state index contributed by atoms with van der Waals surface area (Å²) in [6.45, 7) is 7.21. The van der Waals surface area contributed by atoms with E-state index in [0.717, 1.165) is 40.9 Å². The molecule has 0 spiro atoms. The van der Waals surface area contributed by atoms with Crippen molar-refractivity contribution >= 4 is 28.6 Å². The average Bonchev–Trinajstić information content (AvgIpc) is 3.49. The Morgan fingerprint density at radius 3 is 2.83 bits per heavy atom. The van der Waals surface area contributed by atoms with E-state index in [-0.39, 0.29) is 6.04 Å². The SMILES string of the molecule is C=C(C)OC(=O)N1CCc2c([nH]c3ccc(Cl)cc23)C1c1ccc(OCCCn2cncn2)cc1. The fourth-order valence-corrected chi connectivity index (χ4v) is 4.69. The first-order valence-electron chi connectivity index (χ1n) is 11.5. The van der Waals surface area contributed by atoms with Gasteiger partial charge in [0.05, 0.1) is 12.4 Å². The molecule has 1 aliphatic rings. The van der Waals surface area contributed by atoms with Crippen molar-refractivity contribution < 1.29 is 14.3 Å². The summed E-state index contributed by atoms with van der Waals surface area (Å²) in [5, 5.41) is 5.86. The Balaban J connectivity index is 1.40. The zero-order valence-corrected chi connectivity index (χ0v) is 20.2. The number of aromatic nitrogens is 4. The zero-order chi connectivity index (χ0) is 24.4. The van der Waals surface area contributed by atoms with Gasteiger partial charge in [-0.25, -0.2) is 9.78 Å². The lowest BCUT2D eigenvalue weighted by Gasteiger charge is -2.35. The summed E-state index contributed by atoms with van der Waals surface area (Å²) in [5.41, 5.74) is 4.08. The molecule has 4 aromatic rings. The molecule has 5 rings (SSSR count). The first-order chi connectivity index (χ1) is 17.0. The van der Waals surface area contributed by atoms with E-state index in [0.29, 0.717) is 30.4 Å². The van der Waals surface area contributed by atoms with Gasteiger partial charge in [0.1, 0.15) is 24.4 Å². The second-order valence-electron chi connectivity index (χ2n) is 8.55. The lowest BCUT2D eigenvalue weighted by molar-refractivity contribution is 0.113. The number of rotatable bonds is 7. The molecule has 1 atom stereocenters. The van der Waals surface area contributed by atoms with Crippen LogP contribution in [0.4, 0.5) is 4.79 Å². The lowest BCUT2D eigenvalue weighted by atomic mass is 9.92. The number of allylic oxidation sites excluding steroid dienone is 1. The number of carbonyl (C=O) groups is 1. The molecule has 0 saturated heterocycles. The van der Waals surface area contributed by atoms with Gasteiger partial charge in [0.15, 0.2) is 0 Å². The van der Waals surface area contributed by atoms with Gasteiger partial charge >= 0.3 is 6.09 Å². The number of H-pyrrole nitrogens is 1. The number of ether oxygens (including phenoxy) is 2. The van der Waals surface area contributed by atoms with Crippen molar-refractivity contribution in [3.05, 3.63) is 89.3 Å². The molecule has 2 aromatic carbocycles. The van der Waals surface area contributed by atoms with E-state index in [4.69, 9.17) is 21.1 Å². The van der Waals surface area contributed by atoms with Crippen molar-refractivity contribution in [2.45, 2.75) is 32.4 Å². The normalized spacial score (nSPS) is 15.1. The maximum absolute atomic E-state index is 13.0. The van der Waals surface area contributed by atoms with Gasteiger partial charge in [-0.2, -0.15) is 5.10 Å². The maximum Gasteiger partial charge on any atom is 0.415 e. The number of aromatic amines is 1. The van der Waals surface area contributed by atoms with Crippen LogP contribution in [0.2, 0.25) is 5.02 Å². The molecule has 3 heterocycles. The number of aryl methyl sites for hydroxylation is 1. The van der Waals surface area contributed by atoms with E-state index < -0.39 is 6.09 Å². The molecule has 0 bridgehead atoms. The molecule has 1 aliphatic heterocycles. The van der Waals surface area contributed by atoms with Gasteiger partial charge < -0.3 is 14.5 Å². The third-order valence-corrected chi connectivity index (χ3v) is 6.28. The molecule has 1 N–H and O–H groups in total. The molecule has 8 nitrogen and oxygen atoms in total. The number of fused-ring (bicyclic) bond motifs is 3. The Hall–Kier alpha value is -3.78. The van der Waals surface area contributed by atoms with E-state index in [1.807, 2.05) is 42.5 Å². The number of carbonyl (C=O) groups excluding carboxylic acids is 1. The lowest BCUT2D eigenvalue weighted by Crippen LogP contribution is -2.40. The van der Waals surface area contributed by atoms with Crippen LogP contribution in [0.5, 0.6) is 5.75 Å². The topological polar surface area (TPSA) is 85.3 Å². The highest BCUT2D eigenvalue weighted by Crippen LogP contribution is 2.40. The van der Waals surface area contributed by atoms with Crippen LogP contribution in [0.15, 0.2) is 67.5 Å². The van der Waals surface area contributed by atoms with Gasteiger partial charge in [-0.3, -0.25) is 9.58 Å². The van der Waals surface area contributed by atoms with Crippen LogP contribution in [0.25, 0.3) is 10.9 Å². The second-order valence-corrected chi connectivity index (χ2v) is 8.99. The quantitative estimate of drug-likeness (QED) is 0.272. The van der Waals surface area contributed by atoms with Crippen molar-refractivity contribution in [1.29, 1.82) is 0 Å². The minimum atomic E-state index is -0.418. The Bertz CT molecular complexity index is 1350. The third kappa shape index (κ3) is 4.88. The molecule has 35 heavy (non-hydrogen) atoms. The molecule has 0 aliphatic carbocycles. The van der Waals surface area contributed by atoms with Crippen molar-refractivity contribution in [1.82, 2.24) is 24.6 Å². The minimum Gasteiger partial charge on any atom is -0.494 e. The summed E-state index contributed by atoms with van der Waals surface area (Å²) in [7, 11) is 0. The van der Waals surface area contributed by atoms with Crippen molar-refractivity contribution in [2.24, 2.45) is 0 Å². The predicted octanol–water partition coefficient (Wildman–Crippen LogP) is 5.50. The van der Waals surface area contributed by atoms with Crippen LogP contribution < -0.4 is 4.74 Å². The van der Waals surface area contributed by atoms with Crippen molar-refractivity contribution in [3.63, 3.8) is 0 Å². The van der Waals surface area contributed by atoms with Crippen LogP contribution in [0.1, 0.15) is 36.2 Å². The van der Waals surface area contributed by atoms with Crippen LogP contribution in [0, 0.1) is 0 Å².